The summed E-state index contributed by atoms with van der Waals surface area (Å²) in [6.07, 6.45) is 0. The van der Waals surface area contributed by atoms with Crippen LogP contribution in [0.25, 0.3) is 32.3 Å². The van der Waals surface area contributed by atoms with Gasteiger partial charge in [0.15, 0.2) is 0 Å². The molecule has 6 heterocycles. The van der Waals surface area contributed by atoms with Crippen molar-refractivity contribution in [3.05, 3.63) is 106 Å². The first-order chi connectivity index (χ1) is 29.1. The normalized spacial score (nSPS) is 19.1. The van der Waals surface area contributed by atoms with E-state index in [-0.39, 0.29) is 0 Å². The third-order valence-corrected chi connectivity index (χ3v) is 11.9. The van der Waals surface area contributed by atoms with Crippen LogP contribution >= 0.6 is 0 Å². The lowest BCUT2D eigenvalue weighted by Crippen LogP contribution is -2.29. The van der Waals surface area contributed by atoms with Crippen LogP contribution in [-0.4, -0.2) is 112 Å². The van der Waals surface area contributed by atoms with Gasteiger partial charge >= 0.3 is 0 Å². The van der Waals surface area contributed by atoms with Crippen LogP contribution in [0, 0.1) is 0 Å². The Balaban J connectivity index is 0.000000108. The minimum absolute atomic E-state index is 0.646. The summed E-state index contributed by atoms with van der Waals surface area (Å²) in [5.41, 5.74) is 7.52. The van der Waals surface area contributed by atoms with Gasteiger partial charge in [0, 0.05) is 88.8 Å². The number of hydrogen-bond acceptors (Lipinski definition) is 12. The van der Waals surface area contributed by atoms with E-state index < -0.39 is 0 Å². The van der Waals surface area contributed by atoms with Gasteiger partial charge in [-0.05, 0) is 94.8 Å². The standard InChI is InChI=1S/3C16H18N2O2/c1-17-7-13-3-11-4-14-8-18(2)10-20-16(14)6-12(11)5-15(13)19-9-17;1-17-7-11-3-5-14-13(15(11)19-9-17)6-4-12-8-18(2)10-20-16(12)14;1-17-7-12-4-3-11-6-15-13(8-18(2)9-19-15)5-14(11)16(12)20-10-17/h3*3-6H,7-10H2,1-2H3. The Morgan fingerprint density at radius 3 is 1.05 bits per heavy atom. The zero-order chi connectivity index (χ0) is 41.1. The lowest BCUT2D eigenvalue weighted by atomic mass is 10.00. The van der Waals surface area contributed by atoms with E-state index in [4.69, 9.17) is 28.4 Å². The fourth-order valence-electron chi connectivity index (χ4n) is 9.00. The highest BCUT2D eigenvalue weighted by Gasteiger charge is 2.24. The predicted molar refractivity (Wildman–Crippen MR) is 234 cm³/mol. The smallest absolute Gasteiger partial charge is 0.142 e. The summed E-state index contributed by atoms with van der Waals surface area (Å²) in [6.45, 7) is 9.54. The van der Waals surface area contributed by atoms with E-state index in [1.165, 1.54) is 65.7 Å². The second kappa shape index (κ2) is 15.9. The molecule has 6 aromatic rings. The summed E-state index contributed by atoms with van der Waals surface area (Å²) in [7, 11) is 12.4. The van der Waals surface area contributed by atoms with E-state index in [0.29, 0.717) is 40.4 Å². The lowest BCUT2D eigenvalue weighted by molar-refractivity contribution is 0.121. The van der Waals surface area contributed by atoms with Crippen molar-refractivity contribution in [3.63, 3.8) is 0 Å². The van der Waals surface area contributed by atoms with E-state index in [2.05, 4.69) is 144 Å². The summed E-state index contributed by atoms with van der Waals surface area (Å²) in [5.74, 6) is 6.09. The van der Waals surface area contributed by atoms with Crippen LogP contribution in [0.1, 0.15) is 33.4 Å². The molecule has 0 fully saturated rings. The van der Waals surface area contributed by atoms with Crippen LogP contribution in [0.15, 0.2) is 72.8 Å². The topological polar surface area (TPSA) is 74.8 Å². The molecule has 0 spiro atoms. The van der Waals surface area contributed by atoms with Crippen LogP contribution in [0.2, 0.25) is 0 Å². The summed E-state index contributed by atoms with van der Waals surface area (Å²) in [5, 5.41) is 7.18. The molecule has 0 aromatic heterocycles. The number of ether oxygens (including phenoxy) is 6. The second-order valence-corrected chi connectivity index (χ2v) is 17.4. The van der Waals surface area contributed by atoms with Crippen LogP contribution in [-0.2, 0) is 39.3 Å². The van der Waals surface area contributed by atoms with Crippen molar-refractivity contribution in [1.82, 2.24) is 29.4 Å². The highest BCUT2D eigenvalue weighted by Crippen LogP contribution is 2.41. The average molecular weight is 811 g/mol. The SMILES string of the molecule is CN1COc2c(ccc3c4c(ccc23)CN(C)CO4)C1.CN1COc2cc3cc4c(cc3cc2C1)CN(C)CO4.CN1COc2cc3ccc4c(c3cc2C1)OCN(C)C4. The van der Waals surface area contributed by atoms with Gasteiger partial charge in [-0.25, -0.2) is 0 Å². The quantitative estimate of drug-likeness (QED) is 0.156. The van der Waals surface area contributed by atoms with Gasteiger partial charge in [0.1, 0.15) is 74.9 Å². The first kappa shape index (κ1) is 38.8. The van der Waals surface area contributed by atoms with E-state index in [1.807, 2.05) is 0 Å². The Morgan fingerprint density at radius 2 is 0.617 bits per heavy atom. The molecule has 12 rings (SSSR count). The van der Waals surface area contributed by atoms with Gasteiger partial charge in [-0.15, -0.1) is 0 Å². The zero-order valence-corrected chi connectivity index (χ0v) is 35.5. The Morgan fingerprint density at radius 1 is 0.300 bits per heavy atom. The second-order valence-electron chi connectivity index (χ2n) is 17.4. The molecule has 0 unspecified atom stereocenters. The van der Waals surface area contributed by atoms with Crippen molar-refractivity contribution >= 4 is 32.3 Å². The van der Waals surface area contributed by atoms with Crippen molar-refractivity contribution in [2.24, 2.45) is 0 Å². The maximum absolute atomic E-state index is 5.94. The van der Waals surface area contributed by atoms with Crippen molar-refractivity contribution in [3.8, 4) is 34.5 Å². The minimum Gasteiger partial charge on any atom is -0.478 e. The van der Waals surface area contributed by atoms with Crippen LogP contribution in [0.4, 0.5) is 0 Å². The monoisotopic (exact) mass is 810 g/mol. The van der Waals surface area contributed by atoms with Crippen LogP contribution in [0.3, 0.4) is 0 Å². The molecule has 0 bridgehead atoms. The van der Waals surface area contributed by atoms with E-state index in [9.17, 15) is 0 Å². The zero-order valence-electron chi connectivity index (χ0n) is 35.5. The molecule has 0 saturated heterocycles. The number of nitrogens with zero attached hydrogens (tertiary/aromatic N) is 6. The molecule has 312 valence electrons. The van der Waals surface area contributed by atoms with Gasteiger partial charge in [-0.3, -0.25) is 29.4 Å². The molecule has 12 nitrogen and oxygen atoms in total. The van der Waals surface area contributed by atoms with E-state index in [1.54, 1.807) is 0 Å². The Bertz CT molecular complexity index is 2480. The maximum atomic E-state index is 5.94. The van der Waals surface area contributed by atoms with Gasteiger partial charge in [-0.1, -0.05) is 36.4 Å². The molecule has 0 amide bonds. The highest BCUT2D eigenvalue weighted by atomic mass is 16.5. The van der Waals surface area contributed by atoms with Crippen molar-refractivity contribution in [1.29, 1.82) is 0 Å². The molecule has 0 N–H and O–H groups in total. The Labute approximate surface area is 351 Å². The first-order valence-corrected chi connectivity index (χ1v) is 20.8. The third-order valence-electron chi connectivity index (χ3n) is 11.9. The van der Waals surface area contributed by atoms with Crippen molar-refractivity contribution in [2.45, 2.75) is 39.3 Å². The average Bonchev–Trinajstić information content (AvgIpc) is 3.24. The van der Waals surface area contributed by atoms with Crippen LogP contribution < -0.4 is 28.4 Å². The van der Waals surface area contributed by atoms with Crippen molar-refractivity contribution in [2.75, 3.05) is 82.7 Å². The number of hydrogen-bond donors (Lipinski definition) is 0. The molecule has 6 aromatic carbocycles. The summed E-state index contributed by atoms with van der Waals surface area (Å²) in [4.78, 5) is 13.0. The molecular formula is C48H54N6O6. The molecule has 12 heteroatoms. The molecular weight excluding hydrogens is 757 g/mol. The fourth-order valence-corrected chi connectivity index (χ4v) is 9.00. The van der Waals surface area contributed by atoms with Crippen LogP contribution in [0.5, 0.6) is 34.5 Å². The van der Waals surface area contributed by atoms with E-state index in [0.717, 1.165) is 73.8 Å². The summed E-state index contributed by atoms with van der Waals surface area (Å²) >= 11 is 0. The molecule has 6 aliphatic rings. The van der Waals surface area contributed by atoms with Gasteiger partial charge in [0.25, 0.3) is 0 Å². The largest absolute Gasteiger partial charge is 0.478 e. The number of fused-ring (bicyclic) bond motifs is 12. The molecule has 0 radical (unpaired) electrons. The summed E-state index contributed by atoms with van der Waals surface area (Å²) in [6, 6.07) is 26.1. The van der Waals surface area contributed by atoms with E-state index >= 15 is 0 Å². The van der Waals surface area contributed by atoms with Gasteiger partial charge in [-0.2, -0.15) is 0 Å². The Kier molecular flexibility index (Phi) is 10.3. The predicted octanol–water partition coefficient (Wildman–Crippen LogP) is 7.21. The van der Waals surface area contributed by atoms with Crippen molar-refractivity contribution < 1.29 is 28.4 Å². The third kappa shape index (κ3) is 7.64. The molecule has 6 aliphatic heterocycles. The molecule has 0 aliphatic carbocycles. The molecule has 60 heavy (non-hydrogen) atoms. The first-order valence-electron chi connectivity index (χ1n) is 20.8. The Hall–Kier alpha value is -5.34. The van der Waals surface area contributed by atoms with Gasteiger partial charge in [0.2, 0.25) is 0 Å². The van der Waals surface area contributed by atoms with Gasteiger partial charge in [0.05, 0.1) is 0 Å². The highest BCUT2D eigenvalue weighted by molar-refractivity contribution is 5.95. The lowest BCUT2D eigenvalue weighted by Gasteiger charge is -2.29. The molecule has 0 atom stereocenters. The maximum Gasteiger partial charge on any atom is 0.142 e. The summed E-state index contributed by atoms with van der Waals surface area (Å²) < 4.78 is 35.1. The fraction of sp³-hybridized carbons (Fsp3) is 0.375. The number of benzene rings is 6. The number of rotatable bonds is 0. The molecule has 0 saturated carbocycles. The minimum atomic E-state index is 0.646. The van der Waals surface area contributed by atoms with Gasteiger partial charge < -0.3 is 28.4 Å².